The first-order valence-electron chi connectivity index (χ1n) is 7.59. The fourth-order valence-corrected chi connectivity index (χ4v) is 2.27. The van der Waals surface area contributed by atoms with Crippen molar-refractivity contribution in [3.63, 3.8) is 0 Å². The van der Waals surface area contributed by atoms with Crippen molar-refractivity contribution < 1.29 is 13.9 Å². The van der Waals surface area contributed by atoms with Gasteiger partial charge in [-0.1, -0.05) is 36.8 Å². The molecule has 0 aliphatic rings. The normalized spacial score (nSPS) is 10.5. The number of unbranched alkanes of at least 4 members (excludes halogenated alkanes) is 2. The second kappa shape index (κ2) is 8.30. The van der Waals surface area contributed by atoms with Gasteiger partial charge in [-0.15, -0.1) is 0 Å². The van der Waals surface area contributed by atoms with Crippen LogP contribution < -0.4 is 0 Å². The summed E-state index contributed by atoms with van der Waals surface area (Å²) in [6.45, 7) is 2.16. The van der Waals surface area contributed by atoms with Crippen molar-refractivity contribution in [2.24, 2.45) is 0 Å². The van der Waals surface area contributed by atoms with Gasteiger partial charge in [0.05, 0.1) is 6.61 Å². The highest BCUT2D eigenvalue weighted by Gasteiger charge is 2.11. The number of carbonyl (C=O) groups is 1. The minimum absolute atomic E-state index is 0.302. The van der Waals surface area contributed by atoms with Crippen molar-refractivity contribution in [1.82, 2.24) is 0 Å². The average Bonchev–Trinajstić information content (AvgIpc) is 2.97. The third-order valence-corrected chi connectivity index (χ3v) is 3.37. The zero-order valence-electron chi connectivity index (χ0n) is 12.5. The van der Waals surface area contributed by atoms with E-state index in [4.69, 9.17) is 9.15 Å². The second-order valence-corrected chi connectivity index (χ2v) is 5.03. The molecular formula is C18H22O3. The Hall–Kier alpha value is -2.03. The zero-order valence-corrected chi connectivity index (χ0v) is 12.5. The molecule has 0 saturated heterocycles. The molecule has 0 aliphatic heterocycles. The van der Waals surface area contributed by atoms with Crippen molar-refractivity contribution in [3.05, 3.63) is 59.5 Å². The van der Waals surface area contributed by atoms with Gasteiger partial charge >= 0.3 is 5.97 Å². The first-order chi connectivity index (χ1) is 10.3. The predicted molar refractivity (Wildman–Crippen MR) is 82.4 cm³/mol. The number of benzene rings is 1. The van der Waals surface area contributed by atoms with Crippen LogP contribution in [0, 0.1) is 0 Å². The lowest BCUT2D eigenvalue weighted by molar-refractivity contribution is 0.0488. The molecule has 112 valence electrons. The second-order valence-electron chi connectivity index (χ2n) is 5.03. The first kappa shape index (κ1) is 15.4. The summed E-state index contributed by atoms with van der Waals surface area (Å²) < 4.78 is 10.4. The van der Waals surface area contributed by atoms with Crippen molar-refractivity contribution in [1.29, 1.82) is 0 Å². The molecule has 0 spiro atoms. The van der Waals surface area contributed by atoms with Crippen LogP contribution in [0.2, 0.25) is 0 Å². The number of hydrogen-bond acceptors (Lipinski definition) is 3. The van der Waals surface area contributed by atoms with E-state index in [-0.39, 0.29) is 5.97 Å². The Balaban J connectivity index is 1.66. The SMILES string of the molecule is CCOC(=O)c1ccc(CCCCCc2ccccc2)o1. The van der Waals surface area contributed by atoms with E-state index in [2.05, 4.69) is 24.3 Å². The van der Waals surface area contributed by atoms with Crippen LogP contribution in [0.1, 0.15) is 48.1 Å². The summed E-state index contributed by atoms with van der Waals surface area (Å²) >= 11 is 0. The van der Waals surface area contributed by atoms with E-state index in [1.54, 1.807) is 13.0 Å². The summed E-state index contributed by atoms with van der Waals surface area (Å²) in [4.78, 5) is 11.5. The van der Waals surface area contributed by atoms with Crippen LogP contribution in [0.5, 0.6) is 0 Å². The van der Waals surface area contributed by atoms with Crippen molar-refractivity contribution in [2.45, 2.75) is 39.0 Å². The Labute approximate surface area is 125 Å². The molecule has 2 aromatic rings. The molecule has 3 heteroatoms. The molecule has 0 aliphatic carbocycles. The van der Waals surface area contributed by atoms with E-state index in [1.807, 2.05) is 12.1 Å². The van der Waals surface area contributed by atoms with Crippen LogP contribution >= 0.6 is 0 Å². The van der Waals surface area contributed by atoms with E-state index in [9.17, 15) is 4.79 Å². The van der Waals surface area contributed by atoms with E-state index in [0.29, 0.717) is 12.4 Å². The monoisotopic (exact) mass is 286 g/mol. The molecule has 0 saturated carbocycles. The van der Waals surface area contributed by atoms with Crippen LogP contribution in [-0.4, -0.2) is 12.6 Å². The molecule has 0 N–H and O–H groups in total. The summed E-state index contributed by atoms with van der Waals surface area (Å²) in [5, 5.41) is 0. The van der Waals surface area contributed by atoms with Crippen LogP contribution in [0.15, 0.2) is 46.9 Å². The molecule has 21 heavy (non-hydrogen) atoms. The minimum Gasteiger partial charge on any atom is -0.460 e. The van der Waals surface area contributed by atoms with Crippen LogP contribution in [0.3, 0.4) is 0 Å². The van der Waals surface area contributed by atoms with Gasteiger partial charge in [-0.2, -0.15) is 0 Å². The number of furan rings is 1. The number of rotatable bonds is 8. The summed E-state index contributed by atoms with van der Waals surface area (Å²) in [5.41, 5.74) is 1.39. The number of hydrogen-bond donors (Lipinski definition) is 0. The highest BCUT2D eigenvalue weighted by Crippen LogP contribution is 2.14. The largest absolute Gasteiger partial charge is 0.460 e. The highest BCUT2D eigenvalue weighted by atomic mass is 16.5. The first-order valence-corrected chi connectivity index (χ1v) is 7.59. The third-order valence-electron chi connectivity index (χ3n) is 3.37. The molecule has 0 amide bonds. The van der Waals surface area contributed by atoms with Crippen molar-refractivity contribution in [3.8, 4) is 0 Å². The molecule has 2 rings (SSSR count). The third kappa shape index (κ3) is 5.10. The maximum Gasteiger partial charge on any atom is 0.374 e. The average molecular weight is 286 g/mol. The smallest absolute Gasteiger partial charge is 0.374 e. The molecular weight excluding hydrogens is 264 g/mol. The molecule has 0 bridgehead atoms. The maximum absolute atomic E-state index is 11.5. The van der Waals surface area contributed by atoms with Crippen molar-refractivity contribution >= 4 is 5.97 Å². The molecule has 3 nitrogen and oxygen atoms in total. The fraction of sp³-hybridized carbons (Fsp3) is 0.389. The topological polar surface area (TPSA) is 39.4 Å². The number of aryl methyl sites for hydroxylation is 2. The van der Waals surface area contributed by atoms with Crippen LogP contribution in [0.25, 0.3) is 0 Å². The Morgan fingerprint density at radius 1 is 1.00 bits per heavy atom. The summed E-state index contributed by atoms with van der Waals surface area (Å²) in [6, 6.07) is 14.1. The van der Waals surface area contributed by atoms with Gasteiger partial charge in [-0.05, 0) is 43.9 Å². The molecule has 1 aromatic carbocycles. The maximum atomic E-state index is 11.5. The lowest BCUT2D eigenvalue weighted by atomic mass is 10.1. The summed E-state index contributed by atoms with van der Waals surface area (Å²) in [6.07, 6.45) is 5.39. The Morgan fingerprint density at radius 3 is 2.52 bits per heavy atom. The lowest BCUT2D eigenvalue weighted by Gasteiger charge is -2.01. The van der Waals surface area contributed by atoms with Crippen LogP contribution in [0.4, 0.5) is 0 Å². The highest BCUT2D eigenvalue weighted by molar-refractivity contribution is 5.86. The summed E-state index contributed by atoms with van der Waals surface area (Å²) in [5.74, 6) is 0.779. The van der Waals surface area contributed by atoms with E-state index < -0.39 is 0 Å². The molecule has 1 aromatic heterocycles. The predicted octanol–water partition coefficient (Wildman–Crippen LogP) is 4.41. The zero-order chi connectivity index (χ0) is 14.9. The molecule has 0 atom stereocenters. The number of carbonyl (C=O) groups excluding carboxylic acids is 1. The van der Waals surface area contributed by atoms with E-state index >= 15 is 0 Å². The fourth-order valence-electron chi connectivity index (χ4n) is 2.27. The minimum atomic E-state index is -0.382. The summed E-state index contributed by atoms with van der Waals surface area (Å²) in [7, 11) is 0. The van der Waals surface area contributed by atoms with Gasteiger partial charge in [-0.25, -0.2) is 4.79 Å². The van der Waals surface area contributed by atoms with Gasteiger partial charge in [-0.3, -0.25) is 0 Å². The standard InChI is InChI=1S/C18H22O3/c1-2-20-18(19)17-14-13-16(21-17)12-8-4-7-11-15-9-5-3-6-10-15/h3,5-6,9-10,13-14H,2,4,7-8,11-12H2,1H3. The quantitative estimate of drug-likeness (QED) is 0.533. The number of esters is 1. The van der Waals surface area contributed by atoms with Crippen LogP contribution in [-0.2, 0) is 17.6 Å². The molecule has 0 radical (unpaired) electrons. The Morgan fingerprint density at radius 2 is 1.76 bits per heavy atom. The van der Waals surface area contributed by atoms with Gasteiger partial charge in [0.25, 0.3) is 0 Å². The van der Waals surface area contributed by atoms with Gasteiger partial charge in [0.2, 0.25) is 5.76 Å². The van der Waals surface area contributed by atoms with E-state index in [1.165, 1.54) is 12.0 Å². The Kier molecular flexibility index (Phi) is 6.07. The van der Waals surface area contributed by atoms with E-state index in [0.717, 1.165) is 31.4 Å². The van der Waals surface area contributed by atoms with Gasteiger partial charge in [0.1, 0.15) is 5.76 Å². The Bertz CT molecular complexity index is 543. The van der Waals surface area contributed by atoms with Gasteiger partial charge < -0.3 is 9.15 Å². The molecule has 1 heterocycles. The van der Waals surface area contributed by atoms with Gasteiger partial charge in [0.15, 0.2) is 0 Å². The molecule has 0 unspecified atom stereocenters. The number of ether oxygens (including phenoxy) is 1. The van der Waals surface area contributed by atoms with Gasteiger partial charge in [0, 0.05) is 6.42 Å². The molecule has 0 fully saturated rings. The lowest BCUT2D eigenvalue weighted by Crippen LogP contribution is -2.02. The van der Waals surface area contributed by atoms with Crippen molar-refractivity contribution in [2.75, 3.05) is 6.61 Å².